The molecule has 0 aromatic heterocycles. The van der Waals surface area contributed by atoms with E-state index in [9.17, 15) is 4.79 Å². The van der Waals surface area contributed by atoms with Gasteiger partial charge in [-0.05, 0) is 63.4 Å². The lowest BCUT2D eigenvalue weighted by molar-refractivity contribution is -0.142. The van der Waals surface area contributed by atoms with Crippen LogP contribution in [0.1, 0.15) is 36.8 Å². The van der Waals surface area contributed by atoms with Gasteiger partial charge in [-0.2, -0.15) is 0 Å². The summed E-state index contributed by atoms with van der Waals surface area (Å²) in [4.78, 5) is 20.2. The van der Waals surface area contributed by atoms with E-state index >= 15 is 0 Å². The molecular formula is C23H35N3O2. The minimum absolute atomic E-state index is 0.192. The quantitative estimate of drug-likeness (QED) is 0.798. The Hall–Kier alpha value is -1.43. The predicted molar refractivity (Wildman–Crippen MR) is 111 cm³/mol. The molecule has 1 atom stereocenters. The molecule has 3 fully saturated rings. The number of hydrogen-bond donors (Lipinski definition) is 0. The molecule has 0 bridgehead atoms. The van der Waals surface area contributed by atoms with E-state index in [4.69, 9.17) is 4.74 Å². The molecule has 5 nitrogen and oxygen atoms in total. The van der Waals surface area contributed by atoms with Crippen LogP contribution in [0.15, 0.2) is 24.3 Å². The summed E-state index contributed by atoms with van der Waals surface area (Å²) in [5.74, 6) is 0.557. The smallest absolute Gasteiger partial charge is 0.227 e. The number of aryl methyl sites for hydroxylation is 1. The van der Waals surface area contributed by atoms with Gasteiger partial charge < -0.3 is 9.64 Å². The third-order valence-corrected chi connectivity index (χ3v) is 6.85. The van der Waals surface area contributed by atoms with Crippen LogP contribution in [0.25, 0.3) is 0 Å². The molecule has 1 aromatic rings. The molecule has 0 unspecified atom stereocenters. The van der Waals surface area contributed by atoms with Crippen molar-refractivity contribution >= 4 is 5.91 Å². The lowest BCUT2D eigenvalue weighted by Gasteiger charge is -2.43. The van der Waals surface area contributed by atoms with Crippen molar-refractivity contribution in [2.45, 2.75) is 45.2 Å². The van der Waals surface area contributed by atoms with Crippen LogP contribution in [0.5, 0.6) is 0 Å². The summed E-state index contributed by atoms with van der Waals surface area (Å²) < 4.78 is 5.40. The zero-order chi connectivity index (χ0) is 19.3. The number of ether oxygens (including phenoxy) is 1. The summed E-state index contributed by atoms with van der Waals surface area (Å²) in [6, 6.07) is 9.38. The summed E-state index contributed by atoms with van der Waals surface area (Å²) in [7, 11) is 0. The first-order valence-electron chi connectivity index (χ1n) is 11.1. The van der Waals surface area contributed by atoms with E-state index in [1.807, 2.05) is 4.90 Å². The molecule has 154 valence electrons. The van der Waals surface area contributed by atoms with Crippen molar-refractivity contribution in [3.8, 4) is 0 Å². The minimum Gasteiger partial charge on any atom is -0.378 e. The molecule has 4 rings (SSSR count). The Morgan fingerprint density at radius 1 is 1.04 bits per heavy atom. The van der Waals surface area contributed by atoms with Gasteiger partial charge in [0.25, 0.3) is 0 Å². The summed E-state index contributed by atoms with van der Waals surface area (Å²) in [5, 5.41) is 0. The SMILES string of the molecule is Cc1ccccc1CN1CCC(N2CCC[C@H](C(=O)N3CCOCC3)C2)CC1. The molecule has 5 heteroatoms. The van der Waals surface area contributed by atoms with Crippen molar-refractivity contribution in [3.63, 3.8) is 0 Å². The number of hydrogen-bond acceptors (Lipinski definition) is 4. The molecule has 3 aliphatic heterocycles. The molecule has 0 N–H and O–H groups in total. The monoisotopic (exact) mass is 385 g/mol. The molecule has 1 aromatic carbocycles. The molecule has 0 spiro atoms. The topological polar surface area (TPSA) is 36.0 Å². The fourth-order valence-corrected chi connectivity index (χ4v) is 5.05. The van der Waals surface area contributed by atoms with Crippen LogP contribution in [-0.2, 0) is 16.1 Å². The van der Waals surface area contributed by atoms with Crippen molar-refractivity contribution in [2.24, 2.45) is 5.92 Å². The lowest BCUT2D eigenvalue weighted by atomic mass is 9.92. The van der Waals surface area contributed by atoms with Gasteiger partial charge in [0.15, 0.2) is 0 Å². The third-order valence-electron chi connectivity index (χ3n) is 6.85. The zero-order valence-electron chi connectivity index (χ0n) is 17.3. The van der Waals surface area contributed by atoms with Gasteiger partial charge >= 0.3 is 0 Å². The van der Waals surface area contributed by atoms with E-state index in [0.717, 1.165) is 58.7 Å². The van der Waals surface area contributed by atoms with Gasteiger partial charge in [0.2, 0.25) is 5.91 Å². The summed E-state index contributed by atoms with van der Waals surface area (Å²) in [6.07, 6.45) is 4.66. The Labute approximate surface area is 169 Å². The second kappa shape index (κ2) is 9.38. The summed E-state index contributed by atoms with van der Waals surface area (Å²) in [6.45, 7) is 10.7. The molecule has 3 aliphatic rings. The highest BCUT2D eigenvalue weighted by atomic mass is 16.5. The third kappa shape index (κ3) is 4.76. The molecule has 0 aliphatic carbocycles. The van der Waals surface area contributed by atoms with Gasteiger partial charge in [-0.15, -0.1) is 0 Å². The van der Waals surface area contributed by atoms with Crippen LogP contribution in [0.4, 0.5) is 0 Å². The predicted octanol–water partition coefficient (Wildman–Crippen LogP) is 2.53. The lowest BCUT2D eigenvalue weighted by Crippen LogP contribution is -2.52. The fraction of sp³-hybridized carbons (Fsp3) is 0.696. The van der Waals surface area contributed by atoms with Gasteiger partial charge in [-0.1, -0.05) is 24.3 Å². The second-order valence-corrected chi connectivity index (χ2v) is 8.71. The van der Waals surface area contributed by atoms with Gasteiger partial charge in [-0.3, -0.25) is 14.6 Å². The number of piperidine rings is 2. The van der Waals surface area contributed by atoms with Gasteiger partial charge in [0.1, 0.15) is 0 Å². The Bertz CT molecular complexity index is 651. The Morgan fingerprint density at radius 3 is 2.54 bits per heavy atom. The number of rotatable bonds is 4. The highest BCUT2D eigenvalue weighted by Gasteiger charge is 2.33. The Morgan fingerprint density at radius 2 is 1.79 bits per heavy atom. The average molecular weight is 386 g/mol. The summed E-state index contributed by atoms with van der Waals surface area (Å²) >= 11 is 0. The highest BCUT2D eigenvalue weighted by Crippen LogP contribution is 2.26. The van der Waals surface area contributed by atoms with Gasteiger partial charge in [-0.25, -0.2) is 0 Å². The van der Waals surface area contributed by atoms with E-state index in [2.05, 4.69) is 41.0 Å². The second-order valence-electron chi connectivity index (χ2n) is 8.71. The first kappa shape index (κ1) is 19.9. The number of benzene rings is 1. The van der Waals surface area contributed by atoms with Gasteiger partial charge in [0.05, 0.1) is 19.1 Å². The molecule has 3 saturated heterocycles. The zero-order valence-corrected chi connectivity index (χ0v) is 17.3. The largest absolute Gasteiger partial charge is 0.378 e. The van der Waals surface area contributed by atoms with E-state index in [1.54, 1.807) is 0 Å². The number of nitrogens with zero attached hydrogens (tertiary/aromatic N) is 3. The van der Waals surface area contributed by atoms with Crippen molar-refractivity contribution < 1.29 is 9.53 Å². The van der Waals surface area contributed by atoms with E-state index in [0.29, 0.717) is 25.2 Å². The Kier molecular flexibility index (Phi) is 6.65. The normalized spacial score (nSPS) is 25.8. The summed E-state index contributed by atoms with van der Waals surface area (Å²) in [5.41, 5.74) is 2.85. The average Bonchev–Trinajstić information content (AvgIpc) is 2.76. The highest BCUT2D eigenvalue weighted by molar-refractivity contribution is 5.79. The van der Waals surface area contributed by atoms with Crippen LogP contribution in [0.3, 0.4) is 0 Å². The van der Waals surface area contributed by atoms with Crippen molar-refractivity contribution in [3.05, 3.63) is 35.4 Å². The van der Waals surface area contributed by atoms with Crippen molar-refractivity contribution in [1.29, 1.82) is 0 Å². The molecule has 0 saturated carbocycles. The van der Waals surface area contributed by atoms with E-state index in [1.165, 1.54) is 24.0 Å². The fourth-order valence-electron chi connectivity index (χ4n) is 5.05. The van der Waals surface area contributed by atoms with E-state index in [-0.39, 0.29) is 5.92 Å². The van der Waals surface area contributed by atoms with Crippen LogP contribution >= 0.6 is 0 Å². The number of carbonyl (C=O) groups is 1. The van der Waals surface area contributed by atoms with Crippen LogP contribution in [-0.4, -0.2) is 79.1 Å². The van der Waals surface area contributed by atoms with Crippen LogP contribution < -0.4 is 0 Å². The van der Waals surface area contributed by atoms with Crippen molar-refractivity contribution in [2.75, 3.05) is 52.5 Å². The van der Waals surface area contributed by atoms with Crippen LogP contribution in [0, 0.1) is 12.8 Å². The molecule has 3 heterocycles. The molecular weight excluding hydrogens is 350 g/mol. The maximum Gasteiger partial charge on any atom is 0.227 e. The minimum atomic E-state index is 0.192. The number of morpholine rings is 1. The number of carbonyl (C=O) groups excluding carboxylic acids is 1. The Balaban J connectivity index is 1.27. The first-order chi connectivity index (χ1) is 13.7. The maximum atomic E-state index is 12.9. The molecule has 1 amide bonds. The number of amides is 1. The standard InChI is InChI=1S/C23H35N3O2/c1-19-5-2-3-6-20(19)17-24-11-8-22(9-12-24)26-10-4-7-21(18-26)23(27)25-13-15-28-16-14-25/h2-3,5-6,21-22H,4,7-18H2,1H3/t21-/m0/s1. The number of likely N-dealkylation sites (tertiary alicyclic amines) is 2. The first-order valence-corrected chi connectivity index (χ1v) is 11.1. The van der Waals surface area contributed by atoms with E-state index < -0.39 is 0 Å². The van der Waals surface area contributed by atoms with Crippen LogP contribution in [0.2, 0.25) is 0 Å². The van der Waals surface area contributed by atoms with Crippen molar-refractivity contribution in [1.82, 2.24) is 14.7 Å². The molecule has 28 heavy (non-hydrogen) atoms. The maximum absolute atomic E-state index is 12.9. The molecule has 0 radical (unpaired) electrons. The van der Waals surface area contributed by atoms with Gasteiger partial charge in [0, 0.05) is 32.2 Å².